The monoisotopic (exact) mass is 253 g/mol. The first-order chi connectivity index (χ1) is 7.81. The Balaban J connectivity index is 2.04. The van der Waals surface area contributed by atoms with Gasteiger partial charge in [0.2, 0.25) is 0 Å². The number of hydrogen-bond acceptors (Lipinski definition) is 5. The van der Waals surface area contributed by atoms with Crippen LogP contribution in [0.2, 0.25) is 0 Å². The molecule has 2 aromatic rings. The first-order valence-electron chi connectivity index (χ1n) is 5.10. The molecule has 0 radical (unpaired) electrons. The van der Waals surface area contributed by atoms with Gasteiger partial charge in [0, 0.05) is 24.5 Å². The molecule has 0 spiro atoms. The van der Waals surface area contributed by atoms with E-state index in [0.29, 0.717) is 6.54 Å². The van der Waals surface area contributed by atoms with Crippen LogP contribution in [0.1, 0.15) is 17.3 Å². The van der Waals surface area contributed by atoms with Gasteiger partial charge in [-0.2, -0.15) is 11.3 Å². The van der Waals surface area contributed by atoms with Crippen molar-refractivity contribution < 1.29 is 0 Å². The van der Waals surface area contributed by atoms with Crippen LogP contribution >= 0.6 is 22.7 Å². The molecule has 0 bridgehead atoms. The first kappa shape index (κ1) is 11.7. The molecule has 0 saturated carbocycles. The largest absolute Gasteiger partial charge is 0.329 e. The number of nitrogens with two attached hydrogens (primary N) is 1. The van der Waals surface area contributed by atoms with Gasteiger partial charge in [0.25, 0.3) is 0 Å². The second-order valence-electron chi connectivity index (χ2n) is 3.70. The third-order valence-electron chi connectivity index (χ3n) is 2.58. The molecule has 0 amide bonds. The van der Waals surface area contributed by atoms with Gasteiger partial charge in [-0.05, 0) is 29.4 Å². The maximum Gasteiger partial charge on any atom is 0.0795 e. The molecule has 86 valence electrons. The van der Waals surface area contributed by atoms with E-state index in [-0.39, 0.29) is 6.04 Å². The van der Waals surface area contributed by atoms with Crippen molar-refractivity contribution in [1.82, 2.24) is 9.88 Å². The molecule has 2 N–H and O–H groups in total. The maximum atomic E-state index is 5.84. The summed E-state index contributed by atoms with van der Waals surface area (Å²) in [5, 5.41) is 6.33. The number of hydrogen-bond donors (Lipinski definition) is 1. The van der Waals surface area contributed by atoms with Crippen LogP contribution in [0.3, 0.4) is 0 Å². The highest BCUT2D eigenvalue weighted by Gasteiger charge is 2.16. The second kappa shape index (κ2) is 5.54. The Kier molecular flexibility index (Phi) is 4.06. The van der Waals surface area contributed by atoms with Crippen LogP contribution < -0.4 is 5.73 Å². The number of nitrogens with zero attached hydrogens (tertiary/aromatic N) is 2. The molecule has 1 atom stereocenters. The summed E-state index contributed by atoms with van der Waals surface area (Å²) in [4.78, 5) is 6.54. The Labute approximate surface area is 104 Å². The summed E-state index contributed by atoms with van der Waals surface area (Å²) in [6.07, 6.45) is 0. The highest BCUT2D eigenvalue weighted by molar-refractivity contribution is 7.08. The molecule has 2 aromatic heterocycles. The summed E-state index contributed by atoms with van der Waals surface area (Å²) < 4.78 is 0. The van der Waals surface area contributed by atoms with Crippen molar-refractivity contribution in [3.63, 3.8) is 0 Å². The Morgan fingerprint density at radius 1 is 1.44 bits per heavy atom. The Morgan fingerprint density at radius 2 is 2.31 bits per heavy atom. The van der Waals surface area contributed by atoms with Crippen LogP contribution in [0.15, 0.2) is 27.7 Å². The zero-order chi connectivity index (χ0) is 11.4. The summed E-state index contributed by atoms with van der Waals surface area (Å²) >= 11 is 3.34. The van der Waals surface area contributed by atoms with E-state index in [2.05, 4.69) is 39.1 Å². The van der Waals surface area contributed by atoms with Crippen LogP contribution in [0, 0.1) is 0 Å². The molecule has 0 aliphatic rings. The van der Waals surface area contributed by atoms with Crippen LogP contribution in [0.25, 0.3) is 0 Å². The van der Waals surface area contributed by atoms with Gasteiger partial charge in [-0.3, -0.25) is 4.90 Å². The van der Waals surface area contributed by atoms with E-state index in [1.54, 1.807) is 22.7 Å². The summed E-state index contributed by atoms with van der Waals surface area (Å²) in [6.45, 7) is 1.48. The van der Waals surface area contributed by atoms with Crippen molar-refractivity contribution in [2.45, 2.75) is 12.6 Å². The molecule has 0 aliphatic carbocycles. The van der Waals surface area contributed by atoms with Gasteiger partial charge in [-0.15, -0.1) is 11.3 Å². The molecule has 0 aliphatic heterocycles. The van der Waals surface area contributed by atoms with Gasteiger partial charge in [0.1, 0.15) is 0 Å². The molecule has 3 nitrogen and oxygen atoms in total. The lowest BCUT2D eigenvalue weighted by Crippen LogP contribution is -2.29. The van der Waals surface area contributed by atoms with E-state index >= 15 is 0 Å². The second-order valence-corrected chi connectivity index (χ2v) is 5.20. The fourth-order valence-corrected chi connectivity index (χ4v) is 2.97. The van der Waals surface area contributed by atoms with Crippen molar-refractivity contribution in [3.05, 3.63) is 39.0 Å². The fourth-order valence-electron chi connectivity index (χ4n) is 1.72. The fraction of sp³-hybridized carbons (Fsp3) is 0.364. The number of likely N-dealkylation sites (N-methyl/N-ethyl adjacent to an activating group) is 1. The van der Waals surface area contributed by atoms with Crippen molar-refractivity contribution >= 4 is 22.7 Å². The normalized spacial score (nSPS) is 13.2. The minimum Gasteiger partial charge on any atom is -0.329 e. The zero-order valence-electron chi connectivity index (χ0n) is 9.17. The lowest BCUT2D eigenvalue weighted by molar-refractivity contribution is 0.240. The maximum absolute atomic E-state index is 5.84. The number of thiophene rings is 1. The van der Waals surface area contributed by atoms with Crippen LogP contribution in [-0.2, 0) is 6.54 Å². The third-order valence-corrected chi connectivity index (χ3v) is 3.91. The molecule has 0 fully saturated rings. The van der Waals surface area contributed by atoms with Crippen LogP contribution in [0.4, 0.5) is 0 Å². The number of aromatic nitrogens is 1. The van der Waals surface area contributed by atoms with Gasteiger partial charge in [0.15, 0.2) is 0 Å². The highest BCUT2D eigenvalue weighted by Crippen LogP contribution is 2.22. The van der Waals surface area contributed by atoms with E-state index in [9.17, 15) is 0 Å². The van der Waals surface area contributed by atoms with Crippen molar-refractivity contribution in [2.75, 3.05) is 13.6 Å². The SMILES string of the molecule is CN(Cc1cscn1)C(CN)c1ccsc1. The molecule has 1 unspecified atom stereocenters. The average Bonchev–Trinajstić information content (AvgIpc) is 2.91. The van der Waals surface area contributed by atoms with E-state index < -0.39 is 0 Å². The summed E-state index contributed by atoms with van der Waals surface area (Å²) in [6, 6.07) is 2.42. The smallest absolute Gasteiger partial charge is 0.0795 e. The Hall–Kier alpha value is -0.750. The minimum absolute atomic E-state index is 0.285. The third kappa shape index (κ3) is 2.68. The first-order valence-corrected chi connectivity index (χ1v) is 6.99. The van der Waals surface area contributed by atoms with Gasteiger partial charge >= 0.3 is 0 Å². The molecule has 0 saturated heterocycles. The van der Waals surface area contributed by atoms with Gasteiger partial charge in [0.05, 0.1) is 11.2 Å². The molecule has 2 heterocycles. The van der Waals surface area contributed by atoms with Crippen molar-refractivity contribution in [3.8, 4) is 0 Å². The number of thiazole rings is 1. The summed E-state index contributed by atoms with van der Waals surface area (Å²) in [5.41, 5.74) is 10.1. The van der Waals surface area contributed by atoms with Gasteiger partial charge in [-0.1, -0.05) is 0 Å². The lowest BCUT2D eigenvalue weighted by atomic mass is 10.1. The molecular weight excluding hydrogens is 238 g/mol. The Morgan fingerprint density at radius 3 is 2.88 bits per heavy atom. The number of rotatable bonds is 5. The topological polar surface area (TPSA) is 42.2 Å². The highest BCUT2D eigenvalue weighted by atomic mass is 32.1. The minimum atomic E-state index is 0.285. The van der Waals surface area contributed by atoms with Crippen molar-refractivity contribution in [1.29, 1.82) is 0 Å². The Bertz CT molecular complexity index is 397. The van der Waals surface area contributed by atoms with Crippen LogP contribution in [0.5, 0.6) is 0 Å². The summed E-state index contributed by atoms with van der Waals surface area (Å²) in [5.74, 6) is 0. The molecular formula is C11H15N3S2. The molecule has 16 heavy (non-hydrogen) atoms. The van der Waals surface area contributed by atoms with Gasteiger partial charge < -0.3 is 5.73 Å². The standard InChI is InChI=1S/C11H15N3S2/c1-14(5-10-7-16-8-13-10)11(4-12)9-2-3-15-6-9/h2-3,6-8,11H,4-5,12H2,1H3. The summed E-state index contributed by atoms with van der Waals surface area (Å²) in [7, 11) is 2.09. The zero-order valence-corrected chi connectivity index (χ0v) is 10.8. The quantitative estimate of drug-likeness (QED) is 0.889. The van der Waals surface area contributed by atoms with Crippen molar-refractivity contribution in [2.24, 2.45) is 5.73 Å². The molecule has 2 rings (SSSR count). The van der Waals surface area contributed by atoms with E-state index in [1.165, 1.54) is 5.56 Å². The van der Waals surface area contributed by atoms with E-state index in [1.807, 2.05) is 5.51 Å². The lowest BCUT2D eigenvalue weighted by Gasteiger charge is -2.25. The van der Waals surface area contributed by atoms with Gasteiger partial charge in [-0.25, -0.2) is 4.98 Å². The predicted molar refractivity (Wildman–Crippen MR) is 69.7 cm³/mol. The van der Waals surface area contributed by atoms with Crippen LogP contribution in [-0.4, -0.2) is 23.5 Å². The van der Waals surface area contributed by atoms with E-state index in [0.717, 1.165) is 12.2 Å². The average molecular weight is 253 g/mol. The molecule has 0 aromatic carbocycles. The van der Waals surface area contributed by atoms with E-state index in [4.69, 9.17) is 5.73 Å². The molecule has 5 heteroatoms. The predicted octanol–water partition coefficient (Wildman–Crippen LogP) is 2.34.